The van der Waals surface area contributed by atoms with Gasteiger partial charge in [-0.3, -0.25) is 14.1 Å². The number of fused-ring (bicyclic) bond motifs is 9. The van der Waals surface area contributed by atoms with Gasteiger partial charge in [-0.2, -0.15) is 0 Å². The van der Waals surface area contributed by atoms with Crippen molar-refractivity contribution in [1.29, 1.82) is 0 Å². The summed E-state index contributed by atoms with van der Waals surface area (Å²) >= 11 is 0. The monoisotopic (exact) mass is 1080 g/mol. The van der Waals surface area contributed by atoms with Crippen LogP contribution in [0.25, 0.3) is 122 Å². The normalized spacial score (nSPS) is 12.1. The molecule has 0 radical (unpaired) electrons. The number of furan rings is 1. The van der Waals surface area contributed by atoms with Gasteiger partial charge in [-0.15, -0.1) is 0 Å². The Labute approximate surface area is 484 Å². The first-order valence-electron chi connectivity index (χ1n) is 29.3. The van der Waals surface area contributed by atoms with Crippen LogP contribution in [0.2, 0.25) is 0 Å². The van der Waals surface area contributed by atoms with E-state index in [0.29, 0.717) is 11.5 Å². The second-order valence-corrected chi connectivity index (χ2v) is 23.5. The zero-order valence-corrected chi connectivity index (χ0v) is 48.5. The van der Waals surface area contributed by atoms with Gasteiger partial charge in [0.2, 0.25) is 0 Å². The van der Waals surface area contributed by atoms with Crippen molar-refractivity contribution >= 4 is 65.7 Å². The number of pyridine rings is 1. The summed E-state index contributed by atoms with van der Waals surface area (Å²) in [6, 6.07) is 73.5. The van der Waals surface area contributed by atoms with Crippen molar-refractivity contribution in [3.05, 3.63) is 234 Å². The third-order valence-electron chi connectivity index (χ3n) is 16.7. The molecule has 83 heavy (non-hydrogen) atoms. The highest BCUT2D eigenvalue weighted by molar-refractivity contribution is 6.23. The summed E-state index contributed by atoms with van der Waals surface area (Å²) in [5, 5.41) is 5.07. The number of imidazole rings is 2. The van der Waals surface area contributed by atoms with Gasteiger partial charge in [0, 0.05) is 27.4 Å². The van der Waals surface area contributed by atoms with Crippen molar-refractivity contribution in [2.24, 2.45) is 0 Å². The first-order valence-corrected chi connectivity index (χ1v) is 29.3. The Morgan fingerprint density at radius 3 is 1.42 bits per heavy atom. The standard InChI is InChI=1S/C76H65N5O2/c1-44(2)59-38-52(49-23-12-10-13-24-49)39-60(45(3)4)71(59)80-68-33-20-18-31-65(68)78-75(80)51-27-22-28-54(37-51)82-55-42-63-58-35-36-67-70(57-30-17-16-29-56(57)48(9)77-67)74(58)83-73(63)64(43-55)76-79-66-32-19-21-34-69(66)81(76)72-61(46(5)6)40-53(41-62(72)47(7)8)50-25-14-11-15-26-50/h10-47H,1-9H3. The number of rotatable bonds is 12. The Kier molecular flexibility index (Phi) is 12.7. The van der Waals surface area contributed by atoms with Gasteiger partial charge in [-0.25, -0.2) is 9.97 Å². The molecular formula is C76H65N5O2. The predicted molar refractivity (Wildman–Crippen MR) is 345 cm³/mol. The van der Waals surface area contributed by atoms with Crippen molar-refractivity contribution in [1.82, 2.24) is 24.1 Å². The topological polar surface area (TPSA) is 70.9 Å². The van der Waals surface area contributed by atoms with E-state index >= 15 is 0 Å². The molecule has 10 aromatic carbocycles. The number of nitrogens with zero attached hydrogens (tertiary/aromatic N) is 5. The van der Waals surface area contributed by atoms with Gasteiger partial charge in [0.15, 0.2) is 0 Å². The Balaban J connectivity index is 1.00. The molecular weight excluding hydrogens is 1010 g/mol. The van der Waals surface area contributed by atoms with E-state index < -0.39 is 0 Å². The number of aromatic nitrogens is 5. The van der Waals surface area contributed by atoms with Crippen LogP contribution in [-0.4, -0.2) is 24.1 Å². The third-order valence-corrected chi connectivity index (χ3v) is 16.7. The molecule has 0 saturated heterocycles. The molecule has 4 aromatic heterocycles. The fraction of sp³-hybridized carbons (Fsp3) is 0.171. The summed E-state index contributed by atoms with van der Waals surface area (Å²) in [6.45, 7) is 20.5. The molecule has 0 amide bonds. The number of aryl methyl sites for hydroxylation is 1. The second-order valence-electron chi connectivity index (χ2n) is 23.5. The molecule has 0 atom stereocenters. The van der Waals surface area contributed by atoms with Crippen LogP contribution in [-0.2, 0) is 0 Å². The van der Waals surface area contributed by atoms with Gasteiger partial charge in [0.25, 0.3) is 0 Å². The van der Waals surface area contributed by atoms with Crippen molar-refractivity contribution in [3.63, 3.8) is 0 Å². The van der Waals surface area contributed by atoms with Crippen LogP contribution in [0, 0.1) is 6.92 Å². The molecule has 0 aliphatic heterocycles. The average molecular weight is 1080 g/mol. The van der Waals surface area contributed by atoms with E-state index in [2.05, 4.69) is 272 Å². The highest BCUT2D eigenvalue weighted by Gasteiger charge is 2.29. The van der Waals surface area contributed by atoms with Gasteiger partial charge in [0.05, 0.1) is 49.9 Å². The molecule has 0 aliphatic carbocycles. The zero-order valence-electron chi connectivity index (χ0n) is 48.5. The van der Waals surface area contributed by atoms with E-state index in [1.165, 1.54) is 50.2 Å². The lowest BCUT2D eigenvalue weighted by Crippen LogP contribution is -2.09. The summed E-state index contributed by atoms with van der Waals surface area (Å²) in [5.74, 6) is 3.76. The van der Waals surface area contributed by atoms with Gasteiger partial charge in [0.1, 0.15) is 34.3 Å². The minimum atomic E-state index is 0.180. The van der Waals surface area contributed by atoms with Crippen molar-refractivity contribution in [2.45, 2.75) is 86.0 Å². The van der Waals surface area contributed by atoms with Gasteiger partial charge in [-0.05, 0) is 165 Å². The fourth-order valence-corrected chi connectivity index (χ4v) is 12.7. The maximum Gasteiger partial charge on any atom is 0.149 e. The maximum atomic E-state index is 7.41. The quantitative estimate of drug-likeness (QED) is 0.114. The lowest BCUT2D eigenvalue weighted by atomic mass is 9.88. The SMILES string of the molecule is Cc1nc2ccc3c4cc(Oc5cccc(-c6nc7ccccc7n6-c6c(C(C)C)cc(-c7ccccc7)cc6C(C)C)c5)cc(-c5nc6ccccc6n5-c5c(C(C)C)cc(-c6ccccc6)cc5C(C)C)c4oc3c2c2ccccc12. The van der Waals surface area contributed by atoms with Crippen LogP contribution in [0.5, 0.6) is 11.5 Å². The molecule has 7 nitrogen and oxygen atoms in total. The second kappa shape index (κ2) is 20.4. The van der Waals surface area contributed by atoms with Crippen molar-refractivity contribution in [3.8, 4) is 67.9 Å². The van der Waals surface area contributed by atoms with E-state index in [1.54, 1.807) is 0 Å². The molecule has 0 N–H and O–H groups in total. The lowest BCUT2D eigenvalue weighted by Gasteiger charge is -2.24. The fourth-order valence-electron chi connectivity index (χ4n) is 12.7. The lowest BCUT2D eigenvalue weighted by molar-refractivity contribution is 0.483. The minimum absolute atomic E-state index is 0.180. The van der Waals surface area contributed by atoms with E-state index in [1.807, 2.05) is 6.07 Å². The highest BCUT2D eigenvalue weighted by atomic mass is 16.5. The molecule has 0 spiro atoms. The maximum absolute atomic E-state index is 7.41. The van der Waals surface area contributed by atoms with Crippen LogP contribution in [0.4, 0.5) is 0 Å². The van der Waals surface area contributed by atoms with Gasteiger partial charge < -0.3 is 9.15 Å². The smallest absolute Gasteiger partial charge is 0.149 e. The Bertz CT molecular complexity index is 4790. The van der Waals surface area contributed by atoms with E-state index in [0.717, 1.165) is 99.8 Å². The molecule has 0 saturated carbocycles. The van der Waals surface area contributed by atoms with E-state index in [4.69, 9.17) is 24.1 Å². The van der Waals surface area contributed by atoms with Crippen LogP contribution in [0.3, 0.4) is 0 Å². The number of ether oxygens (including phenoxy) is 1. The molecule has 7 heteroatoms. The van der Waals surface area contributed by atoms with Crippen molar-refractivity contribution < 1.29 is 9.15 Å². The summed E-state index contributed by atoms with van der Waals surface area (Å²) in [4.78, 5) is 16.2. The predicted octanol–water partition coefficient (Wildman–Crippen LogP) is 21.2. The van der Waals surface area contributed by atoms with Crippen LogP contribution in [0.15, 0.2) is 211 Å². The molecule has 0 unspecified atom stereocenters. The highest BCUT2D eigenvalue weighted by Crippen LogP contribution is 2.48. The molecule has 406 valence electrons. The summed E-state index contributed by atoms with van der Waals surface area (Å²) in [6.07, 6.45) is 0. The van der Waals surface area contributed by atoms with E-state index in [9.17, 15) is 0 Å². The number of hydrogen-bond acceptors (Lipinski definition) is 5. The van der Waals surface area contributed by atoms with Crippen LogP contribution >= 0.6 is 0 Å². The molecule has 14 aromatic rings. The molecule has 0 bridgehead atoms. The number of benzene rings is 10. The molecule has 14 rings (SSSR count). The summed E-state index contributed by atoms with van der Waals surface area (Å²) < 4.78 is 19.5. The third kappa shape index (κ3) is 8.76. The summed E-state index contributed by atoms with van der Waals surface area (Å²) in [7, 11) is 0. The van der Waals surface area contributed by atoms with Gasteiger partial charge in [-0.1, -0.05) is 177 Å². The van der Waals surface area contributed by atoms with E-state index in [-0.39, 0.29) is 23.7 Å². The average Bonchev–Trinajstić information content (AvgIpc) is 2.36. The van der Waals surface area contributed by atoms with Crippen LogP contribution < -0.4 is 4.74 Å². The zero-order chi connectivity index (χ0) is 56.8. The Morgan fingerprint density at radius 2 is 0.855 bits per heavy atom. The molecule has 4 heterocycles. The Morgan fingerprint density at radius 1 is 0.361 bits per heavy atom. The Hall–Kier alpha value is -9.59. The molecule has 0 aliphatic rings. The summed E-state index contributed by atoms with van der Waals surface area (Å²) in [5.41, 5.74) is 21.1. The van der Waals surface area contributed by atoms with Crippen molar-refractivity contribution in [2.75, 3.05) is 0 Å². The first-order chi connectivity index (χ1) is 40.4. The minimum Gasteiger partial charge on any atom is -0.457 e. The van der Waals surface area contributed by atoms with Crippen LogP contribution in [0.1, 0.15) is 107 Å². The first kappa shape index (κ1) is 51.5. The van der Waals surface area contributed by atoms with Gasteiger partial charge >= 0.3 is 0 Å². The largest absolute Gasteiger partial charge is 0.457 e. The number of hydrogen-bond donors (Lipinski definition) is 0. The number of para-hydroxylation sites is 4. The molecule has 0 fully saturated rings.